The van der Waals surface area contributed by atoms with Crippen molar-refractivity contribution < 1.29 is 9.53 Å². The highest BCUT2D eigenvalue weighted by atomic mass is 35.5. The van der Waals surface area contributed by atoms with Gasteiger partial charge in [-0.05, 0) is 31.9 Å². The molecule has 5 nitrogen and oxygen atoms in total. The second-order valence-corrected chi connectivity index (χ2v) is 6.36. The average Bonchev–Trinajstić information content (AvgIpc) is 2.54. The first-order chi connectivity index (χ1) is 11.1. The predicted molar refractivity (Wildman–Crippen MR) is 91.1 cm³/mol. The molecule has 1 fully saturated rings. The minimum absolute atomic E-state index is 0.136. The van der Waals surface area contributed by atoms with Gasteiger partial charge >= 0.3 is 5.97 Å². The van der Waals surface area contributed by atoms with Crippen molar-refractivity contribution in [2.75, 3.05) is 24.6 Å². The third-order valence-electron chi connectivity index (χ3n) is 3.98. The molecule has 0 spiro atoms. The van der Waals surface area contributed by atoms with Crippen molar-refractivity contribution in [3.8, 4) is 0 Å². The van der Waals surface area contributed by atoms with Crippen LogP contribution in [0.4, 0.5) is 5.82 Å². The summed E-state index contributed by atoms with van der Waals surface area (Å²) in [5.74, 6) is 0.475. The van der Waals surface area contributed by atoms with Crippen LogP contribution in [0.1, 0.15) is 19.8 Å². The molecule has 0 aliphatic carbocycles. The molecule has 0 radical (unpaired) electrons. The molecule has 1 atom stereocenters. The Hall–Kier alpha value is -1.59. The number of esters is 1. The second kappa shape index (κ2) is 6.89. The summed E-state index contributed by atoms with van der Waals surface area (Å²) in [6, 6.07) is 3.48. The lowest BCUT2D eigenvalue weighted by Gasteiger charge is -2.32. The number of halogens is 2. The summed E-state index contributed by atoms with van der Waals surface area (Å²) in [5.41, 5.74) is 0.666. The summed E-state index contributed by atoms with van der Waals surface area (Å²) in [7, 11) is 0. The van der Waals surface area contributed by atoms with Gasteiger partial charge in [-0.15, -0.1) is 0 Å². The van der Waals surface area contributed by atoms with Crippen LogP contribution >= 0.6 is 23.2 Å². The number of ether oxygens (including phenoxy) is 1. The Morgan fingerprint density at radius 3 is 3.00 bits per heavy atom. The number of nitrogens with zero attached hydrogens (tertiary/aromatic N) is 3. The maximum atomic E-state index is 12.0. The number of anilines is 1. The van der Waals surface area contributed by atoms with E-state index in [2.05, 4.69) is 14.9 Å². The average molecular weight is 354 g/mol. The Bertz CT molecular complexity index is 739. The Kier molecular flexibility index (Phi) is 4.87. The molecular weight excluding hydrogens is 337 g/mol. The molecular formula is C16H17Cl2N3O2. The lowest BCUT2D eigenvalue weighted by atomic mass is 9.98. The molecule has 1 unspecified atom stereocenters. The van der Waals surface area contributed by atoms with E-state index < -0.39 is 0 Å². The van der Waals surface area contributed by atoms with Crippen LogP contribution in [0.25, 0.3) is 10.9 Å². The van der Waals surface area contributed by atoms with Gasteiger partial charge in [0.05, 0.1) is 23.1 Å². The maximum Gasteiger partial charge on any atom is 0.310 e. The number of fused-ring (bicyclic) bond motifs is 1. The standard InChI is InChI=1S/C16H17Cl2N3O2/c1-2-23-16(22)10-4-3-5-21(8-10)15-12-6-11(17)7-13(18)14(12)19-9-20-15/h6-7,9-10H,2-5,8H2,1H3. The highest BCUT2D eigenvalue weighted by molar-refractivity contribution is 6.38. The molecule has 2 aromatic rings. The molecule has 1 aromatic heterocycles. The Labute approximate surface area is 144 Å². The number of hydrogen-bond acceptors (Lipinski definition) is 5. The molecule has 7 heteroatoms. The molecule has 122 valence electrons. The van der Waals surface area contributed by atoms with Crippen LogP contribution in [0.5, 0.6) is 0 Å². The van der Waals surface area contributed by atoms with Crippen LogP contribution in [0, 0.1) is 5.92 Å². The first kappa shape index (κ1) is 16.3. The Balaban J connectivity index is 1.95. The molecule has 3 rings (SSSR count). The van der Waals surface area contributed by atoms with Crippen LogP contribution in [0.15, 0.2) is 18.5 Å². The maximum absolute atomic E-state index is 12.0. The van der Waals surface area contributed by atoms with Gasteiger partial charge in [0.25, 0.3) is 0 Å². The zero-order valence-electron chi connectivity index (χ0n) is 12.8. The summed E-state index contributed by atoms with van der Waals surface area (Å²) in [6.07, 6.45) is 3.23. The van der Waals surface area contributed by atoms with Gasteiger partial charge in [-0.1, -0.05) is 23.2 Å². The van der Waals surface area contributed by atoms with Gasteiger partial charge in [-0.3, -0.25) is 4.79 Å². The van der Waals surface area contributed by atoms with Gasteiger partial charge in [0, 0.05) is 23.5 Å². The van der Waals surface area contributed by atoms with Crippen LogP contribution in [0.2, 0.25) is 10.0 Å². The first-order valence-corrected chi connectivity index (χ1v) is 8.37. The van der Waals surface area contributed by atoms with Gasteiger partial charge < -0.3 is 9.64 Å². The largest absolute Gasteiger partial charge is 0.466 e. The fraction of sp³-hybridized carbons (Fsp3) is 0.438. The van der Waals surface area contributed by atoms with Crippen molar-refractivity contribution in [2.45, 2.75) is 19.8 Å². The van der Waals surface area contributed by atoms with E-state index in [0.717, 1.165) is 30.6 Å². The van der Waals surface area contributed by atoms with E-state index in [4.69, 9.17) is 27.9 Å². The summed E-state index contributed by atoms with van der Waals surface area (Å²) in [4.78, 5) is 22.7. The van der Waals surface area contributed by atoms with E-state index in [1.54, 1.807) is 6.07 Å². The van der Waals surface area contributed by atoms with E-state index >= 15 is 0 Å². The SMILES string of the molecule is CCOC(=O)C1CCCN(c2ncnc3c(Cl)cc(Cl)cc23)C1. The summed E-state index contributed by atoms with van der Waals surface area (Å²) < 4.78 is 5.15. The highest BCUT2D eigenvalue weighted by Crippen LogP contribution is 2.33. The Morgan fingerprint density at radius 1 is 1.39 bits per heavy atom. The first-order valence-electron chi connectivity index (χ1n) is 7.61. The zero-order valence-corrected chi connectivity index (χ0v) is 14.3. The molecule has 0 N–H and O–H groups in total. The number of aromatic nitrogens is 2. The summed E-state index contributed by atoms with van der Waals surface area (Å²) >= 11 is 12.3. The third-order valence-corrected chi connectivity index (χ3v) is 4.48. The fourth-order valence-electron chi connectivity index (χ4n) is 2.95. The number of hydrogen-bond donors (Lipinski definition) is 0. The highest BCUT2D eigenvalue weighted by Gasteiger charge is 2.28. The molecule has 0 saturated carbocycles. The molecule has 23 heavy (non-hydrogen) atoms. The van der Waals surface area contributed by atoms with E-state index in [1.165, 1.54) is 6.33 Å². The minimum atomic E-state index is -0.147. The van der Waals surface area contributed by atoms with Crippen molar-refractivity contribution in [1.29, 1.82) is 0 Å². The zero-order chi connectivity index (χ0) is 16.4. The number of rotatable bonds is 3. The molecule has 2 heterocycles. The Morgan fingerprint density at radius 2 is 2.22 bits per heavy atom. The van der Waals surface area contributed by atoms with E-state index in [-0.39, 0.29) is 11.9 Å². The van der Waals surface area contributed by atoms with E-state index in [9.17, 15) is 4.79 Å². The minimum Gasteiger partial charge on any atom is -0.466 e. The second-order valence-electron chi connectivity index (χ2n) is 5.52. The normalized spacial score (nSPS) is 18.2. The number of piperidine rings is 1. The fourth-order valence-corrected chi connectivity index (χ4v) is 3.49. The molecule has 1 aromatic carbocycles. The lowest BCUT2D eigenvalue weighted by molar-refractivity contribution is -0.148. The number of benzene rings is 1. The van der Waals surface area contributed by atoms with Gasteiger partial charge in [0.15, 0.2) is 0 Å². The molecule has 1 aliphatic rings. The van der Waals surface area contributed by atoms with Crippen molar-refractivity contribution in [3.05, 3.63) is 28.5 Å². The smallest absolute Gasteiger partial charge is 0.310 e. The molecule has 0 amide bonds. The van der Waals surface area contributed by atoms with Crippen molar-refractivity contribution in [2.24, 2.45) is 5.92 Å². The third kappa shape index (κ3) is 3.35. The number of carbonyl (C=O) groups is 1. The summed E-state index contributed by atoms with van der Waals surface area (Å²) in [5, 5.41) is 1.84. The van der Waals surface area contributed by atoms with Gasteiger partial charge in [0.2, 0.25) is 0 Å². The van der Waals surface area contributed by atoms with E-state index in [0.29, 0.717) is 28.7 Å². The lowest BCUT2D eigenvalue weighted by Crippen LogP contribution is -2.40. The molecule has 0 bridgehead atoms. The van der Waals surface area contributed by atoms with Gasteiger partial charge in [0.1, 0.15) is 12.1 Å². The number of carbonyl (C=O) groups excluding carboxylic acids is 1. The van der Waals surface area contributed by atoms with Crippen LogP contribution in [0.3, 0.4) is 0 Å². The monoisotopic (exact) mass is 353 g/mol. The van der Waals surface area contributed by atoms with Crippen molar-refractivity contribution in [1.82, 2.24) is 9.97 Å². The van der Waals surface area contributed by atoms with Crippen molar-refractivity contribution in [3.63, 3.8) is 0 Å². The molecule has 1 aliphatic heterocycles. The topological polar surface area (TPSA) is 55.3 Å². The molecule has 1 saturated heterocycles. The van der Waals surface area contributed by atoms with Gasteiger partial charge in [-0.2, -0.15) is 0 Å². The van der Waals surface area contributed by atoms with Crippen LogP contribution in [-0.2, 0) is 9.53 Å². The summed E-state index contributed by atoms with van der Waals surface area (Å²) in [6.45, 7) is 3.62. The quantitative estimate of drug-likeness (QED) is 0.787. The predicted octanol–water partition coefficient (Wildman–Crippen LogP) is 3.72. The van der Waals surface area contributed by atoms with E-state index in [1.807, 2.05) is 13.0 Å². The van der Waals surface area contributed by atoms with Crippen molar-refractivity contribution >= 4 is 45.9 Å². The van der Waals surface area contributed by atoms with Crippen LogP contribution in [-0.4, -0.2) is 35.6 Å². The van der Waals surface area contributed by atoms with Gasteiger partial charge in [-0.25, -0.2) is 9.97 Å². The van der Waals surface area contributed by atoms with Crippen LogP contribution < -0.4 is 4.90 Å².